The third kappa shape index (κ3) is 3.59. The van der Waals surface area contributed by atoms with E-state index in [0.717, 1.165) is 7.11 Å². The maximum Gasteiger partial charge on any atom is 0.420 e. The summed E-state index contributed by atoms with van der Waals surface area (Å²) >= 11 is 0. The molecule has 0 atom stereocenters. The standard InChI is InChI=1S/C12H10F6O3/c1-3-21-10(19)6-4-5-7(20-2)9(12(16,17)18)8(6)11(13,14)15/h4-5H,3H2,1-2H3. The Kier molecular flexibility index (Phi) is 4.75. The van der Waals surface area contributed by atoms with Crippen LogP contribution in [0.5, 0.6) is 5.75 Å². The van der Waals surface area contributed by atoms with Gasteiger partial charge in [-0.05, 0) is 19.1 Å². The highest BCUT2D eigenvalue weighted by atomic mass is 19.4. The highest BCUT2D eigenvalue weighted by Crippen LogP contribution is 2.46. The predicted molar refractivity (Wildman–Crippen MR) is 59.0 cm³/mol. The van der Waals surface area contributed by atoms with Gasteiger partial charge in [-0.2, -0.15) is 26.3 Å². The second kappa shape index (κ2) is 5.82. The number of benzene rings is 1. The molecule has 0 fully saturated rings. The molecule has 0 heterocycles. The molecule has 0 aliphatic rings. The quantitative estimate of drug-likeness (QED) is 0.626. The van der Waals surface area contributed by atoms with E-state index in [4.69, 9.17) is 0 Å². The van der Waals surface area contributed by atoms with Crippen LogP contribution in [0.1, 0.15) is 28.4 Å². The molecule has 0 aliphatic carbocycles. The molecule has 0 saturated heterocycles. The summed E-state index contributed by atoms with van der Waals surface area (Å²) in [6.45, 7) is 1.04. The van der Waals surface area contributed by atoms with Crippen molar-refractivity contribution in [3.05, 3.63) is 28.8 Å². The lowest BCUT2D eigenvalue weighted by atomic mass is 9.98. The molecule has 0 aromatic heterocycles. The molecule has 0 radical (unpaired) electrons. The summed E-state index contributed by atoms with van der Waals surface area (Å²) in [5, 5.41) is 0. The number of carbonyl (C=O) groups is 1. The SMILES string of the molecule is CCOC(=O)c1ccc(OC)c(C(F)(F)F)c1C(F)(F)F. The van der Waals surface area contributed by atoms with Crippen molar-refractivity contribution in [3.8, 4) is 5.75 Å². The van der Waals surface area contributed by atoms with Crippen molar-refractivity contribution >= 4 is 5.97 Å². The third-order valence-electron chi connectivity index (χ3n) is 2.45. The molecule has 0 amide bonds. The van der Waals surface area contributed by atoms with E-state index in [9.17, 15) is 31.1 Å². The molecule has 21 heavy (non-hydrogen) atoms. The van der Waals surface area contributed by atoms with Crippen LogP contribution in [0.4, 0.5) is 26.3 Å². The highest BCUT2D eigenvalue weighted by Gasteiger charge is 2.48. The minimum absolute atomic E-state index is 0.274. The van der Waals surface area contributed by atoms with Gasteiger partial charge in [-0.3, -0.25) is 0 Å². The summed E-state index contributed by atoms with van der Waals surface area (Å²) in [6, 6.07) is 1.24. The number of ether oxygens (including phenoxy) is 2. The van der Waals surface area contributed by atoms with Gasteiger partial charge >= 0.3 is 18.3 Å². The molecule has 0 saturated carbocycles. The van der Waals surface area contributed by atoms with Crippen molar-refractivity contribution in [1.82, 2.24) is 0 Å². The molecule has 0 bridgehead atoms. The number of hydrogen-bond acceptors (Lipinski definition) is 3. The number of alkyl halides is 6. The second-order valence-electron chi connectivity index (χ2n) is 3.78. The maximum atomic E-state index is 13.0. The monoisotopic (exact) mass is 316 g/mol. The molecule has 0 unspecified atom stereocenters. The van der Waals surface area contributed by atoms with Crippen LogP contribution < -0.4 is 4.74 Å². The van der Waals surface area contributed by atoms with Gasteiger partial charge in [0, 0.05) is 0 Å². The molecule has 3 nitrogen and oxygen atoms in total. The Balaban J connectivity index is 3.74. The van der Waals surface area contributed by atoms with Gasteiger partial charge in [-0.1, -0.05) is 0 Å². The number of methoxy groups -OCH3 is 1. The Bertz CT molecular complexity index is 533. The van der Waals surface area contributed by atoms with E-state index in [1.54, 1.807) is 0 Å². The number of halogens is 6. The van der Waals surface area contributed by atoms with Gasteiger partial charge in [0.25, 0.3) is 0 Å². The second-order valence-corrected chi connectivity index (χ2v) is 3.78. The Labute approximate surface area is 115 Å². The molecule has 0 spiro atoms. The fourth-order valence-corrected chi connectivity index (χ4v) is 1.71. The first-order valence-corrected chi connectivity index (χ1v) is 5.56. The lowest BCUT2D eigenvalue weighted by molar-refractivity contribution is -0.163. The average Bonchev–Trinajstić information content (AvgIpc) is 2.35. The van der Waals surface area contributed by atoms with Crippen molar-refractivity contribution < 1.29 is 40.6 Å². The zero-order chi connectivity index (χ0) is 16.4. The van der Waals surface area contributed by atoms with Crippen LogP contribution in [0.3, 0.4) is 0 Å². The molecular weight excluding hydrogens is 306 g/mol. The Morgan fingerprint density at radius 1 is 1.05 bits per heavy atom. The molecule has 118 valence electrons. The number of rotatable bonds is 3. The van der Waals surface area contributed by atoms with E-state index in [-0.39, 0.29) is 6.61 Å². The minimum atomic E-state index is -5.40. The van der Waals surface area contributed by atoms with Crippen molar-refractivity contribution in [2.24, 2.45) is 0 Å². The smallest absolute Gasteiger partial charge is 0.420 e. The van der Waals surface area contributed by atoms with E-state index in [1.807, 2.05) is 0 Å². The van der Waals surface area contributed by atoms with Gasteiger partial charge in [0.1, 0.15) is 11.3 Å². The Morgan fingerprint density at radius 2 is 1.57 bits per heavy atom. The largest absolute Gasteiger partial charge is 0.496 e. The van der Waals surface area contributed by atoms with Crippen LogP contribution in [-0.2, 0) is 17.1 Å². The van der Waals surface area contributed by atoms with Gasteiger partial charge in [-0.15, -0.1) is 0 Å². The first-order chi connectivity index (χ1) is 9.54. The zero-order valence-electron chi connectivity index (χ0n) is 10.9. The number of hydrogen-bond donors (Lipinski definition) is 0. The molecule has 1 aromatic carbocycles. The molecule has 9 heteroatoms. The summed E-state index contributed by atoms with van der Waals surface area (Å²) in [6.07, 6.45) is -10.7. The van der Waals surface area contributed by atoms with E-state index in [0.29, 0.717) is 12.1 Å². The topological polar surface area (TPSA) is 35.5 Å². The summed E-state index contributed by atoms with van der Waals surface area (Å²) in [5.41, 5.74) is -5.38. The summed E-state index contributed by atoms with van der Waals surface area (Å²) in [7, 11) is 0.800. The van der Waals surface area contributed by atoms with Gasteiger partial charge < -0.3 is 9.47 Å². The normalized spacial score (nSPS) is 12.2. The van der Waals surface area contributed by atoms with Crippen LogP contribution in [-0.4, -0.2) is 19.7 Å². The van der Waals surface area contributed by atoms with Crippen LogP contribution in [0.15, 0.2) is 12.1 Å². The van der Waals surface area contributed by atoms with E-state index < -0.39 is 40.8 Å². The Morgan fingerprint density at radius 3 is 1.95 bits per heavy atom. The van der Waals surface area contributed by atoms with Crippen molar-refractivity contribution in [2.75, 3.05) is 13.7 Å². The fourth-order valence-electron chi connectivity index (χ4n) is 1.71. The van der Waals surface area contributed by atoms with Crippen LogP contribution in [0.2, 0.25) is 0 Å². The predicted octanol–water partition coefficient (Wildman–Crippen LogP) is 3.91. The molecule has 1 rings (SSSR count). The number of carbonyl (C=O) groups excluding carboxylic acids is 1. The minimum Gasteiger partial charge on any atom is -0.496 e. The fraction of sp³-hybridized carbons (Fsp3) is 0.417. The van der Waals surface area contributed by atoms with Gasteiger partial charge in [0.05, 0.1) is 24.8 Å². The lowest BCUT2D eigenvalue weighted by Crippen LogP contribution is -2.22. The van der Waals surface area contributed by atoms with Crippen molar-refractivity contribution in [2.45, 2.75) is 19.3 Å². The molecular formula is C12H10F6O3. The molecule has 1 aromatic rings. The highest BCUT2D eigenvalue weighted by molar-refractivity contribution is 5.92. The van der Waals surface area contributed by atoms with Crippen LogP contribution >= 0.6 is 0 Å². The van der Waals surface area contributed by atoms with Gasteiger partial charge in [-0.25, -0.2) is 4.79 Å². The number of esters is 1. The zero-order valence-corrected chi connectivity index (χ0v) is 10.9. The van der Waals surface area contributed by atoms with Crippen molar-refractivity contribution in [3.63, 3.8) is 0 Å². The first-order valence-electron chi connectivity index (χ1n) is 5.56. The summed E-state index contributed by atoms with van der Waals surface area (Å²) in [5.74, 6) is -2.51. The van der Waals surface area contributed by atoms with E-state index in [1.165, 1.54) is 6.92 Å². The third-order valence-corrected chi connectivity index (χ3v) is 2.45. The van der Waals surface area contributed by atoms with Gasteiger partial charge in [0.15, 0.2) is 0 Å². The van der Waals surface area contributed by atoms with Crippen LogP contribution in [0.25, 0.3) is 0 Å². The van der Waals surface area contributed by atoms with Gasteiger partial charge in [0.2, 0.25) is 0 Å². The summed E-state index contributed by atoms with van der Waals surface area (Å²) in [4.78, 5) is 11.5. The Hall–Kier alpha value is -1.93. The first kappa shape index (κ1) is 17.1. The van der Waals surface area contributed by atoms with E-state index >= 15 is 0 Å². The summed E-state index contributed by atoms with van der Waals surface area (Å²) < 4.78 is 86.4. The van der Waals surface area contributed by atoms with E-state index in [2.05, 4.69) is 9.47 Å². The van der Waals surface area contributed by atoms with Crippen LogP contribution in [0, 0.1) is 0 Å². The lowest BCUT2D eigenvalue weighted by Gasteiger charge is -2.20. The maximum absolute atomic E-state index is 13.0. The van der Waals surface area contributed by atoms with Crippen molar-refractivity contribution in [1.29, 1.82) is 0 Å². The average molecular weight is 316 g/mol. The molecule has 0 N–H and O–H groups in total. The molecule has 0 aliphatic heterocycles.